The summed E-state index contributed by atoms with van der Waals surface area (Å²) < 4.78 is 0. The second kappa shape index (κ2) is 6.74. The number of likely N-dealkylation sites (tertiary alicyclic amines) is 1. The van der Waals surface area contributed by atoms with Crippen molar-refractivity contribution in [2.45, 2.75) is 77.3 Å². The Morgan fingerprint density at radius 2 is 2.05 bits per heavy atom. The van der Waals surface area contributed by atoms with Crippen molar-refractivity contribution in [3.63, 3.8) is 0 Å². The third kappa shape index (κ3) is 3.50. The molecule has 1 saturated heterocycles. The van der Waals surface area contributed by atoms with Gasteiger partial charge in [-0.15, -0.1) is 0 Å². The molecule has 2 aliphatic rings. The molecule has 1 heterocycles. The van der Waals surface area contributed by atoms with Gasteiger partial charge in [-0.3, -0.25) is 4.79 Å². The highest BCUT2D eigenvalue weighted by molar-refractivity contribution is 5.79. The minimum Gasteiger partial charge on any atom is -0.339 e. The minimum atomic E-state index is 0.165. The van der Waals surface area contributed by atoms with Gasteiger partial charge in [0, 0.05) is 24.5 Å². The molecule has 1 aliphatic carbocycles. The first-order valence-corrected chi connectivity index (χ1v) is 8.19. The third-order valence-corrected chi connectivity index (χ3v) is 5.23. The third-order valence-electron chi connectivity index (χ3n) is 5.23. The second-order valence-corrected chi connectivity index (χ2v) is 6.56. The lowest BCUT2D eigenvalue weighted by Gasteiger charge is -2.39. The van der Waals surface area contributed by atoms with E-state index >= 15 is 0 Å². The Morgan fingerprint density at radius 3 is 2.74 bits per heavy atom. The Labute approximate surface area is 117 Å². The van der Waals surface area contributed by atoms with Gasteiger partial charge < -0.3 is 10.6 Å². The maximum absolute atomic E-state index is 12.8. The van der Waals surface area contributed by atoms with Crippen LogP contribution in [0.25, 0.3) is 0 Å². The molecule has 4 atom stereocenters. The zero-order valence-corrected chi connectivity index (χ0v) is 12.6. The lowest BCUT2D eigenvalue weighted by atomic mass is 9.78. The van der Waals surface area contributed by atoms with Crippen molar-refractivity contribution in [2.24, 2.45) is 17.6 Å². The fraction of sp³-hybridized carbons (Fsp3) is 0.938. The number of hydrogen-bond acceptors (Lipinski definition) is 2. The van der Waals surface area contributed by atoms with E-state index in [1.165, 1.54) is 32.1 Å². The molecule has 0 spiro atoms. The highest BCUT2D eigenvalue weighted by atomic mass is 16.2. The van der Waals surface area contributed by atoms with Gasteiger partial charge in [-0.25, -0.2) is 0 Å². The van der Waals surface area contributed by atoms with Crippen LogP contribution >= 0.6 is 0 Å². The van der Waals surface area contributed by atoms with Crippen LogP contribution in [0, 0.1) is 11.8 Å². The van der Waals surface area contributed by atoms with Crippen LogP contribution in [-0.4, -0.2) is 29.4 Å². The normalized spacial score (nSPS) is 34.1. The molecular weight excluding hydrogens is 236 g/mol. The van der Waals surface area contributed by atoms with E-state index in [9.17, 15) is 4.79 Å². The van der Waals surface area contributed by atoms with Crippen LogP contribution in [-0.2, 0) is 4.79 Å². The summed E-state index contributed by atoms with van der Waals surface area (Å²) >= 11 is 0. The Bertz CT molecular complexity index is 305. The van der Waals surface area contributed by atoms with Gasteiger partial charge in [0.15, 0.2) is 0 Å². The van der Waals surface area contributed by atoms with Gasteiger partial charge in [0.05, 0.1) is 0 Å². The molecule has 0 bridgehead atoms. The van der Waals surface area contributed by atoms with Gasteiger partial charge in [0.25, 0.3) is 0 Å². The highest BCUT2D eigenvalue weighted by Gasteiger charge is 2.34. The molecule has 0 radical (unpaired) electrons. The molecule has 2 fully saturated rings. The van der Waals surface area contributed by atoms with E-state index in [-0.39, 0.29) is 5.92 Å². The molecule has 19 heavy (non-hydrogen) atoms. The summed E-state index contributed by atoms with van der Waals surface area (Å²) in [7, 11) is 0. The van der Waals surface area contributed by atoms with Gasteiger partial charge in [0.2, 0.25) is 5.91 Å². The number of amides is 1. The van der Waals surface area contributed by atoms with Gasteiger partial charge in [-0.2, -0.15) is 0 Å². The first-order valence-electron chi connectivity index (χ1n) is 8.19. The zero-order valence-electron chi connectivity index (χ0n) is 12.6. The molecular formula is C16H30N2O. The number of rotatable bonds is 3. The molecule has 110 valence electrons. The van der Waals surface area contributed by atoms with Crippen LogP contribution in [0.5, 0.6) is 0 Å². The van der Waals surface area contributed by atoms with E-state index in [2.05, 4.69) is 18.7 Å². The molecule has 4 unspecified atom stereocenters. The highest BCUT2D eigenvalue weighted by Crippen LogP contribution is 2.32. The molecule has 3 nitrogen and oxygen atoms in total. The number of nitrogens with zero attached hydrogens (tertiary/aromatic N) is 1. The van der Waals surface area contributed by atoms with Crippen LogP contribution in [0.1, 0.15) is 65.2 Å². The van der Waals surface area contributed by atoms with Crippen molar-refractivity contribution in [2.75, 3.05) is 6.54 Å². The summed E-state index contributed by atoms with van der Waals surface area (Å²) in [6.45, 7) is 5.31. The van der Waals surface area contributed by atoms with E-state index < -0.39 is 0 Å². The second-order valence-electron chi connectivity index (χ2n) is 6.56. The number of hydrogen-bond donors (Lipinski definition) is 1. The first kappa shape index (κ1) is 14.8. The fourth-order valence-corrected chi connectivity index (χ4v) is 3.90. The molecule has 0 aromatic heterocycles. The van der Waals surface area contributed by atoms with Crippen LogP contribution in [0.4, 0.5) is 0 Å². The van der Waals surface area contributed by atoms with Gasteiger partial charge in [-0.1, -0.05) is 20.3 Å². The molecule has 1 aliphatic heterocycles. The van der Waals surface area contributed by atoms with Crippen LogP contribution in [0.2, 0.25) is 0 Å². The predicted octanol–water partition coefficient (Wildman–Crippen LogP) is 2.93. The fourth-order valence-electron chi connectivity index (χ4n) is 3.90. The Morgan fingerprint density at radius 1 is 1.26 bits per heavy atom. The van der Waals surface area contributed by atoms with Gasteiger partial charge in [0.1, 0.15) is 0 Å². The Hall–Kier alpha value is -0.570. The maximum atomic E-state index is 12.8. The number of piperidine rings is 1. The topological polar surface area (TPSA) is 46.3 Å². The first-order chi connectivity index (χ1) is 9.13. The van der Waals surface area contributed by atoms with Crippen LogP contribution < -0.4 is 5.73 Å². The van der Waals surface area contributed by atoms with Crippen molar-refractivity contribution >= 4 is 5.91 Å². The average molecular weight is 266 g/mol. The quantitative estimate of drug-likeness (QED) is 0.853. The summed E-state index contributed by atoms with van der Waals surface area (Å²) in [6.07, 6.45) is 9.31. The van der Waals surface area contributed by atoms with E-state index in [4.69, 9.17) is 5.73 Å². The summed E-state index contributed by atoms with van der Waals surface area (Å²) in [5.41, 5.74) is 6.07. The van der Waals surface area contributed by atoms with Crippen molar-refractivity contribution in [3.8, 4) is 0 Å². The number of carbonyl (C=O) groups is 1. The Kier molecular flexibility index (Phi) is 5.26. The molecule has 1 amide bonds. The Balaban J connectivity index is 1.97. The standard InChI is InChI=1S/C16H30N2O/c1-3-15-9-4-5-10-18(15)16(19)12(2)13-7-6-8-14(17)11-13/h12-15H,3-11,17H2,1-2H3. The maximum Gasteiger partial charge on any atom is 0.225 e. The minimum absolute atomic E-state index is 0.165. The van der Waals surface area contributed by atoms with Crippen molar-refractivity contribution < 1.29 is 4.79 Å². The van der Waals surface area contributed by atoms with E-state index in [0.717, 1.165) is 25.8 Å². The summed E-state index contributed by atoms with van der Waals surface area (Å²) in [6, 6.07) is 0.804. The monoisotopic (exact) mass is 266 g/mol. The van der Waals surface area contributed by atoms with Crippen molar-refractivity contribution in [1.29, 1.82) is 0 Å². The van der Waals surface area contributed by atoms with E-state index in [1.54, 1.807) is 0 Å². The summed E-state index contributed by atoms with van der Waals surface area (Å²) in [5.74, 6) is 1.07. The molecule has 2 rings (SSSR count). The molecule has 2 N–H and O–H groups in total. The largest absolute Gasteiger partial charge is 0.339 e. The van der Waals surface area contributed by atoms with Gasteiger partial charge >= 0.3 is 0 Å². The lowest BCUT2D eigenvalue weighted by molar-refractivity contribution is -0.141. The van der Waals surface area contributed by atoms with Crippen LogP contribution in [0.3, 0.4) is 0 Å². The average Bonchev–Trinajstić information content (AvgIpc) is 2.45. The smallest absolute Gasteiger partial charge is 0.225 e. The van der Waals surface area contributed by atoms with Crippen molar-refractivity contribution in [1.82, 2.24) is 4.90 Å². The summed E-state index contributed by atoms with van der Waals surface area (Å²) in [4.78, 5) is 14.9. The van der Waals surface area contributed by atoms with Gasteiger partial charge in [-0.05, 0) is 50.9 Å². The lowest BCUT2D eigenvalue weighted by Crippen LogP contribution is -2.47. The zero-order chi connectivity index (χ0) is 13.8. The molecule has 0 aromatic carbocycles. The van der Waals surface area contributed by atoms with E-state index in [1.807, 2.05) is 0 Å². The molecule has 3 heteroatoms. The van der Waals surface area contributed by atoms with Crippen molar-refractivity contribution in [3.05, 3.63) is 0 Å². The predicted molar refractivity (Wildman–Crippen MR) is 78.7 cm³/mol. The number of carbonyl (C=O) groups excluding carboxylic acids is 1. The van der Waals surface area contributed by atoms with Crippen LogP contribution in [0.15, 0.2) is 0 Å². The SMILES string of the molecule is CCC1CCCCN1C(=O)C(C)C1CCCC(N)C1. The van der Waals surface area contributed by atoms with E-state index in [0.29, 0.717) is 23.9 Å². The summed E-state index contributed by atoms with van der Waals surface area (Å²) in [5, 5.41) is 0. The molecule has 1 saturated carbocycles. The number of nitrogens with two attached hydrogens (primary N) is 1. The molecule has 0 aromatic rings.